The topological polar surface area (TPSA) is 64.3 Å². The Labute approximate surface area is 115 Å². The first-order valence-corrected chi connectivity index (χ1v) is 6.79. The molecule has 106 valence electrons. The average molecular weight is 264 g/mol. The van der Waals surface area contributed by atoms with Crippen molar-refractivity contribution in [1.29, 1.82) is 0 Å². The third-order valence-electron chi connectivity index (χ3n) is 2.82. The van der Waals surface area contributed by atoms with Gasteiger partial charge in [0.2, 0.25) is 5.91 Å². The molecule has 4 heteroatoms. The molecule has 0 heterocycles. The van der Waals surface area contributed by atoms with Gasteiger partial charge in [-0.2, -0.15) is 0 Å². The first kappa shape index (κ1) is 15.7. The van der Waals surface area contributed by atoms with Crippen LogP contribution in [0.2, 0.25) is 0 Å². The van der Waals surface area contributed by atoms with Gasteiger partial charge in [-0.25, -0.2) is 0 Å². The van der Waals surface area contributed by atoms with Crippen LogP contribution in [0, 0.1) is 5.92 Å². The van der Waals surface area contributed by atoms with Gasteiger partial charge in [0.05, 0.1) is 13.0 Å². The Kier molecular flexibility index (Phi) is 7.15. The van der Waals surface area contributed by atoms with Crippen LogP contribution >= 0.6 is 0 Å². The van der Waals surface area contributed by atoms with Gasteiger partial charge in [-0.05, 0) is 24.0 Å². The first-order valence-electron chi connectivity index (χ1n) is 6.79. The van der Waals surface area contributed by atoms with E-state index in [1.54, 1.807) is 0 Å². The number of ether oxygens (including phenoxy) is 1. The number of anilines is 1. The van der Waals surface area contributed by atoms with Crippen LogP contribution < -0.4 is 11.1 Å². The fourth-order valence-electron chi connectivity index (χ4n) is 1.62. The molecule has 0 aromatic heterocycles. The molecule has 0 atom stereocenters. The van der Waals surface area contributed by atoms with E-state index < -0.39 is 0 Å². The summed E-state index contributed by atoms with van der Waals surface area (Å²) in [5, 5.41) is 2.86. The summed E-state index contributed by atoms with van der Waals surface area (Å²) in [6, 6.07) is 7.56. The van der Waals surface area contributed by atoms with Crippen molar-refractivity contribution in [3.63, 3.8) is 0 Å². The highest BCUT2D eigenvalue weighted by molar-refractivity contribution is 5.91. The van der Waals surface area contributed by atoms with Crippen LogP contribution in [-0.4, -0.2) is 19.1 Å². The van der Waals surface area contributed by atoms with E-state index in [1.165, 1.54) is 0 Å². The number of nitrogens with two attached hydrogens (primary N) is 1. The summed E-state index contributed by atoms with van der Waals surface area (Å²) in [6.07, 6.45) is 1.40. The van der Waals surface area contributed by atoms with Crippen molar-refractivity contribution in [1.82, 2.24) is 0 Å². The van der Waals surface area contributed by atoms with Crippen LogP contribution in [0.1, 0.15) is 32.3 Å². The van der Waals surface area contributed by atoms with Gasteiger partial charge in [0, 0.05) is 18.8 Å². The molecule has 0 spiro atoms. The van der Waals surface area contributed by atoms with E-state index in [9.17, 15) is 4.79 Å². The lowest BCUT2D eigenvalue weighted by molar-refractivity contribution is -0.117. The second-order valence-corrected chi connectivity index (χ2v) is 4.95. The van der Waals surface area contributed by atoms with E-state index in [0.717, 1.165) is 17.7 Å². The molecule has 0 saturated carbocycles. The number of nitrogens with one attached hydrogen (secondary N) is 1. The number of carbonyl (C=O) groups excluding carboxylic acids is 1. The zero-order valence-electron chi connectivity index (χ0n) is 11.8. The second kappa shape index (κ2) is 8.67. The van der Waals surface area contributed by atoms with Crippen LogP contribution in [0.25, 0.3) is 0 Å². The molecular weight excluding hydrogens is 240 g/mol. The number of benzene rings is 1. The Morgan fingerprint density at radius 1 is 1.32 bits per heavy atom. The minimum atomic E-state index is -0.0366. The minimum Gasteiger partial charge on any atom is -0.381 e. The first-order chi connectivity index (χ1) is 9.13. The molecule has 0 aliphatic heterocycles. The normalized spacial score (nSPS) is 10.7. The van der Waals surface area contributed by atoms with Gasteiger partial charge >= 0.3 is 0 Å². The van der Waals surface area contributed by atoms with Gasteiger partial charge in [-0.15, -0.1) is 0 Å². The molecule has 0 unspecified atom stereocenters. The standard InChI is InChI=1S/C15H24N2O2/c1-12(2)7-9-19-10-8-15(18)17-14-6-4-3-5-13(14)11-16/h3-6,12H,7-11,16H2,1-2H3,(H,17,18). The van der Waals surface area contributed by atoms with Gasteiger partial charge in [-0.3, -0.25) is 4.79 Å². The summed E-state index contributed by atoms with van der Waals surface area (Å²) >= 11 is 0. The summed E-state index contributed by atoms with van der Waals surface area (Å²) in [6.45, 7) is 5.90. The molecule has 0 radical (unpaired) electrons. The Balaban J connectivity index is 2.27. The Hall–Kier alpha value is -1.39. The molecule has 0 bridgehead atoms. The Morgan fingerprint density at radius 3 is 2.74 bits per heavy atom. The van der Waals surface area contributed by atoms with E-state index in [0.29, 0.717) is 32.1 Å². The molecule has 1 amide bonds. The van der Waals surface area contributed by atoms with Crippen LogP contribution in [0.5, 0.6) is 0 Å². The number of amides is 1. The van der Waals surface area contributed by atoms with E-state index in [1.807, 2.05) is 24.3 Å². The highest BCUT2D eigenvalue weighted by atomic mass is 16.5. The average Bonchev–Trinajstić information content (AvgIpc) is 2.38. The Bertz CT molecular complexity index is 391. The number of hydrogen-bond donors (Lipinski definition) is 2. The molecule has 0 saturated heterocycles. The van der Waals surface area contributed by atoms with E-state index in [-0.39, 0.29) is 5.91 Å². The van der Waals surface area contributed by atoms with Crippen molar-refractivity contribution in [3.05, 3.63) is 29.8 Å². The molecule has 0 aliphatic rings. The Morgan fingerprint density at radius 2 is 2.05 bits per heavy atom. The van der Waals surface area contributed by atoms with Crippen LogP contribution in [0.3, 0.4) is 0 Å². The van der Waals surface area contributed by atoms with Crippen LogP contribution in [0.4, 0.5) is 5.69 Å². The van der Waals surface area contributed by atoms with Crippen LogP contribution in [0.15, 0.2) is 24.3 Å². The molecular formula is C15H24N2O2. The van der Waals surface area contributed by atoms with Crippen molar-refractivity contribution in [2.45, 2.75) is 33.2 Å². The predicted octanol–water partition coefficient (Wildman–Crippen LogP) is 2.54. The van der Waals surface area contributed by atoms with Crippen molar-refractivity contribution in [2.75, 3.05) is 18.5 Å². The third kappa shape index (κ3) is 6.36. The third-order valence-corrected chi connectivity index (χ3v) is 2.82. The van der Waals surface area contributed by atoms with Gasteiger partial charge < -0.3 is 15.8 Å². The SMILES string of the molecule is CC(C)CCOCCC(=O)Nc1ccccc1CN. The maximum absolute atomic E-state index is 11.7. The molecule has 19 heavy (non-hydrogen) atoms. The van der Waals surface area contributed by atoms with Gasteiger partial charge in [0.25, 0.3) is 0 Å². The fourth-order valence-corrected chi connectivity index (χ4v) is 1.62. The van der Waals surface area contributed by atoms with Gasteiger partial charge in [0.1, 0.15) is 0 Å². The van der Waals surface area contributed by atoms with Crippen molar-refractivity contribution >= 4 is 11.6 Å². The quantitative estimate of drug-likeness (QED) is 0.709. The molecule has 1 aromatic carbocycles. The number of para-hydroxylation sites is 1. The van der Waals surface area contributed by atoms with Crippen molar-refractivity contribution in [3.8, 4) is 0 Å². The zero-order chi connectivity index (χ0) is 14.1. The summed E-state index contributed by atoms with van der Waals surface area (Å²) < 4.78 is 5.42. The van der Waals surface area contributed by atoms with Gasteiger partial charge in [0.15, 0.2) is 0 Å². The van der Waals surface area contributed by atoms with Gasteiger partial charge in [-0.1, -0.05) is 32.0 Å². The largest absolute Gasteiger partial charge is 0.381 e. The zero-order valence-corrected chi connectivity index (χ0v) is 11.8. The van der Waals surface area contributed by atoms with Crippen molar-refractivity contribution < 1.29 is 9.53 Å². The molecule has 1 aromatic rings. The smallest absolute Gasteiger partial charge is 0.226 e. The van der Waals surface area contributed by atoms with Crippen LogP contribution in [-0.2, 0) is 16.1 Å². The van der Waals surface area contributed by atoms with Crippen molar-refractivity contribution in [2.24, 2.45) is 11.7 Å². The number of hydrogen-bond acceptors (Lipinski definition) is 3. The molecule has 0 fully saturated rings. The summed E-state index contributed by atoms with van der Waals surface area (Å²) in [4.78, 5) is 11.7. The fraction of sp³-hybridized carbons (Fsp3) is 0.533. The lowest BCUT2D eigenvalue weighted by Gasteiger charge is -2.10. The minimum absolute atomic E-state index is 0.0366. The summed E-state index contributed by atoms with van der Waals surface area (Å²) in [5.74, 6) is 0.593. The lowest BCUT2D eigenvalue weighted by Crippen LogP contribution is -2.16. The predicted molar refractivity (Wildman–Crippen MR) is 77.9 cm³/mol. The molecule has 3 N–H and O–H groups in total. The molecule has 0 aliphatic carbocycles. The number of rotatable bonds is 8. The summed E-state index contributed by atoms with van der Waals surface area (Å²) in [5.41, 5.74) is 7.35. The maximum atomic E-state index is 11.7. The summed E-state index contributed by atoms with van der Waals surface area (Å²) in [7, 11) is 0. The lowest BCUT2D eigenvalue weighted by atomic mass is 10.1. The highest BCUT2D eigenvalue weighted by Gasteiger charge is 2.05. The number of carbonyl (C=O) groups is 1. The second-order valence-electron chi connectivity index (χ2n) is 4.95. The van der Waals surface area contributed by atoms with E-state index >= 15 is 0 Å². The molecule has 1 rings (SSSR count). The monoisotopic (exact) mass is 264 g/mol. The van der Waals surface area contributed by atoms with E-state index in [2.05, 4.69) is 19.2 Å². The maximum Gasteiger partial charge on any atom is 0.226 e. The van der Waals surface area contributed by atoms with E-state index in [4.69, 9.17) is 10.5 Å². The highest BCUT2D eigenvalue weighted by Crippen LogP contribution is 2.14. The molecule has 4 nitrogen and oxygen atoms in total.